The predicted molar refractivity (Wildman–Crippen MR) is 143 cm³/mol. The second-order valence-electron chi connectivity index (χ2n) is 9.14. The van der Waals surface area contributed by atoms with E-state index in [4.69, 9.17) is 21.1 Å². The van der Waals surface area contributed by atoms with Crippen LogP contribution < -0.4 is 14.4 Å². The number of rotatable bonds is 6. The topological polar surface area (TPSA) is 96.3 Å². The number of ketones is 1. The van der Waals surface area contributed by atoms with Crippen LogP contribution in [0.3, 0.4) is 0 Å². The standard InChI is InChI=1S/C29H28ClNO6/c1-15(2)20-14-21(16(3)12-24(20)37-5)27(33)25-26(17-6-11-23(32)22(30)13-17)31(29(35)28(25)34)18-7-9-19(36-4)10-8-18/h6-15,26,32-33H,1-5H3/b27-25+. The van der Waals surface area contributed by atoms with Gasteiger partial charge in [-0.2, -0.15) is 0 Å². The second kappa shape index (κ2) is 10.2. The minimum absolute atomic E-state index is 0.0561. The second-order valence-corrected chi connectivity index (χ2v) is 9.55. The maximum Gasteiger partial charge on any atom is 0.300 e. The first-order valence-electron chi connectivity index (χ1n) is 11.7. The molecule has 37 heavy (non-hydrogen) atoms. The molecule has 1 unspecified atom stereocenters. The Morgan fingerprint density at radius 2 is 1.68 bits per heavy atom. The van der Waals surface area contributed by atoms with Crippen molar-refractivity contribution in [2.45, 2.75) is 32.7 Å². The molecular formula is C29H28ClNO6. The van der Waals surface area contributed by atoms with Crippen molar-refractivity contribution < 1.29 is 29.3 Å². The van der Waals surface area contributed by atoms with Gasteiger partial charge in [-0.15, -0.1) is 0 Å². The zero-order valence-corrected chi connectivity index (χ0v) is 22.0. The number of benzene rings is 3. The van der Waals surface area contributed by atoms with E-state index in [2.05, 4.69) is 0 Å². The molecule has 3 aromatic carbocycles. The molecule has 1 saturated heterocycles. The van der Waals surface area contributed by atoms with E-state index in [1.807, 2.05) is 13.8 Å². The van der Waals surface area contributed by atoms with Crippen molar-refractivity contribution in [2.24, 2.45) is 0 Å². The lowest BCUT2D eigenvalue weighted by molar-refractivity contribution is -0.132. The number of anilines is 1. The highest BCUT2D eigenvalue weighted by atomic mass is 35.5. The SMILES string of the molecule is COc1ccc(N2C(=O)C(=O)/C(=C(/O)c3cc(C(C)C)c(OC)cc3C)C2c2ccc(O)c(Cl)c2)cc1. The lowest BCUT2D eigenvalue weighted by Crippen LogP contribution is -2.29. The van der Waals surface area contributed by atoms with Crippen LogP contribution in [0, 0.1) is 6.92 Å². The van der Waals surface area contributed by atoms with E-state index in [1.165, 1.54) is 24.1 Å². The highest BCUT2D eigenvalue weighted by Gasteiger charge is 2.47. The Labute approximate surface area is 220 Å². The smallest absolute Gasteiger partial charge is 0.300 e. The van der Waals surface area contributed by atoms with Crippen molar-refractivity contribution in [3.05, 3.63) is 87.4 Å². The third-order valence-corrected chi connectivity index (χ3v) is 6.84. The Bertz CT molecular complexity index is 1410. The fourth-order valence-electron chi connectivity index (χ4n) is 4.58. The summed E-state index contributed by atoms with van der Waals surface area (Å²) in [5.74, 6) is -0.732. The van der Waals surface area contributed by atoms with Gasteiger partial charge in [0.15, 0.2) is 0 Å². The Balaban J connectivity index is 1.99. The number of carbonyl (C=O) groups excluding carboxylic acids is 2. The van der Waals surface area contributed by atoms with Gasteiger partial charge in [-0.05, 0) is 78.1 Å². The van der Waals surface area contributed by atoms with Crippen LogP contribution in [0.25, 0.3) is 5.76 Å². The average Bonchev–Trinajstić information content (AvgIpc) is 3.15. The van der Waals surface area contributed by atoms with Crippen LogP contribution >= 0.6 is 11.6 Å². The number of amides is 1. The number of aliphatic hydroxyl groups excluding tert-OH is 1. The molecule has 0 spiro atoms. The minimum Gasteiger partial charge on any atom is -0.507 e. The number of phenols is 1. The van der Waals surface area contributed by atoms with E-state index >= 15 is 0 Å². The van der Waals surface area contributed by atoms with Crippen LogP contribution in [0.5, 0.6) is 17.2 Å². The van der Waals surface area contributed by atoms with E-state index in [0.717, 1.165) is 5.56 Å². The average molecular weight is 522 g/mol. The first-order chi connectivity index (χ1) is 17.6. The molecule has 192 valence electrons. The summed E-state index contributed by atoms with van der Waals surface area (Å²) >= 11 is 6.21. The molecule has 1 heterocycles. The molecule has 0 bridgehead atoms. The molecule has 1 aliphatic heterocycles. The predicted octanol–water partition coefficient (Wildman–Crippen LogP) is 6.12. The minimum atomic E-state index is -0.990. The number of hydrogen-bond acceptors (Lipinski definition) is 6. The number of aromatic hydroxyl groups is 1. The monoisotopic (exact) mass is 521 g/mol. The van der Waals surface area contributed by atoms with Gasteiger partial charge in [0.25, 0.3) is 11.7 Å². The summed E-state index contributed by atoms with van der Waals surface area (Å²) in [5.41, 5.74) is 2.76. The van der Waals surface area contributed by atoms with Gasteiger partial charge in [0.05, 0.1) is 30.9 Å². The maximum absolute atomic E-state index is 13.5. The molecule has 3 aromatic rings. The van der Waals surface area contributed by atoms with Gasteiger partial charge in [0, 0.05) is 11.3 Å². The third-order valence-electron chi connectivity index (χ3n) is 6.54. The Kier molecular flexibility index (Phi) is 7.18. The molecule has 0 aliphatic carbocycles. The Hall–Kier alpha value is -3.97. The van der Waals surface area contributed by atoms with Crippen LogP contribution in [-0.2, 0) is 9.59 Å². The van der Waals surface area contributed by atoms with Gasteiger partial charge in [0.1, 0.15) is 23.0 Å². The van der Waals surface area contributed by atoms with E-state index < -0.39 is 17.7 Å². The highest BCUT2D eigenvalue weighted by molar-refractivity contribution is 6.51. The summed E-state index contributed by atoms with van der Waals surface area (Å²) in [6.07, 6.45) is 0. The molecule has 0 aromatic heterocycles. The number of nitrogens with zero attached hydrogens (tertiary/aromatic N) is 1. The lowest BCUT2D eigenvalue weighted by Gasteiger charge is -2.26. The van der Waals surface area contributed by atoms with Crippen LogP contribution in [0.15, 0.2) is 60.2 Å². The van der Waals surface area contributed by atoms with Crippen molar-refractivity contribution in [3.63, 3.8) is 0 Å². The molecule has 1 fully saturated rings. The van der Waals surface area contributed by atoms with Crippen molar-refractivity contribution >= 4 is 34.7 Å². The molecular weight excluding hydrogens is 494 g/mol. The van der Waals surface area contributed by atoms with Crippen LogP contribution in [0.4, 0.5) is 5.69 Å². The van der Waals surface area contributed by atoms with Gasteiger partial charge >= 0.3 is 0 Å². The number of carbonyl (C=O) groups is 2. The van der Waals surface area contributed by atoms with Gasteiger partial charge in [-0.1, -0.05) is 31.5 Å². The van der Waals surface area contributed by atoms with Crippen LogP contribution in [0.2, 0.25) is 5.02 Å². The summed E-state index contributed by atoms with van der Waals surface area (Å²) < 4.78 is 10.7. The molecule has 0 saturated carbocycles. The molecule has 4 rings (SSSR count). The maximum atomic E-state index is 13.5. The molecule has 0 radical (unpaired) electrons. The molecule has 1 amide bonds. The van der Waals surface area contributed by atoms with Crippen molar-refractivity contribution in [2.75, 3.05) is 19.1 Å². The number of phenolic OH excluding ortho intramolecular Hbond substituents is 1. The molecule has 2 N–H and O–H groups in total. The Morgan fingerprint density at radius 3 is 2.24 bits per heavy atom. The highest BCUT2D eigenvalue weighted by Crippen LogP contribution is 2.44. The normalized spacial score (nSPS) is 16.9. The zero-order valence-electron chi connectivity index (χ0n) is 21.2. The van der Waals surface area contributed by atoms with Gasteiger partial charge in [-0.3, -0.25) is 14.5 Å². The number of hydrogen-bond donors (Lipinski definition) is 2. The fourth-order valence-corrected chi connectivity index (χ4v) is 4.77. The third kappa shape index (κ3) is 4.62. The van der Waals surface area contributed by atoms with E-state index in [-0.39, 0.29) is 28.0 Å². The fraction of sp³-hybridized carbons (Fsp3) is 0.241. The largest absolute Gasteiger partial charge is 0.507 e. The van der Waals surface area contributed by atoms with Gasteiger partial charge in [-0.25, -0.2) is 0 Å². The van der Waals surface area contributed by atoms with Gasteiger partial charge < -0.3 is 19.7 Å². The Morgan fingerprint density at radius 1 is 1.00 bits per heavy atom. The molecule has 8 heteroatoms. The molecule has 1 atom stereocenters. The van der Waals surface area contributed by atoms with E-state index in [9.17, 15) is 19.8 Å². The quantitative estimate of drug-likeness (QED) is 0.230. The van der Waals surface area contributed by atoms with E-state index in [1.54, 1.807) is 56.5 Å². The van der Waals surface area contributed by atoms with E-state index in [0.29, 0.717) is 33.9 Å². The summed E-state index contributed by atoms with van der Waals surface area (Å²) in [7, 11) is 3.11. The summed E-state index contributed by atoms with van der Waals surface area (Å²) in [6.45, 7) is 5.80. The summed E-state index contributed by atoms with van der Waals surface area (Å²) in [4.78, 5) is 28.2. The first-order valence-corrected chi connectivity index (χ1v) is 12.1. The summed E-state index contributed by atoms with van der Waals surface area (Å²) in [5, 5.41) is 21.6. The van der Waals surface area contributed by atoms with Crippen molar-refractivity contribution in [1.29, 1.82) is 0 Å². The van der Waals surface area contributed by atoms with Crippen LogP contribution in [0.1, 0.15) is 48.1 Å². The first kappa shape index (κ1) is 26.1. The molecule has 7 nitrogen and oxygen atoms in total. The zero-order chi connectivity index (χ0) is 27.0. The molecule has 1 aliphatic rings. The van der Waals surface area contributed by atoms with Crippen molar-refractivity contribution in [1.82, 2.24) is 0 Å². The van der Waals surface area contributed by atoms with Crippen molar-refractivity contribution in [3.8, 4) is 17.2 Å². The van der Waals surface area contributed by atoms with Gasteiger partial charge in [0.2, 0.25) is 0 Å². The number of halogens is 1. The number of ether oxygens (including phenoxy) is 2. The number of aryl methyl sites for hydroxylation is 1. The number of Topliss-reactive ketones (excluding diaryl/α,β-unsaturated/α-hetero) is 1. The van der Waals surface area contributed by atoms with Crippen LogP contribution in [-0.4, -0.2) is 36.1 Å². The number of methoxy groups -OCH3 is 2. The lowest BCUT2D eigenvalue weighted by atomic mass is 9.91. The number of aliphatic hydroxyl groups is 1. The summed E-state index contributed by atoms with van der Waals surface area (Å²) in [6, 6.07) is 13.7.